The lowest BCUT2D eigenvalue weighted by molar-refractivity contribution is -0.148. The molecule has 3 unspecified atom stereocenters. The molecule has 112 valence electrons. The summed E-state index contributed by atoms with van der Waals surface area (Å²) in [4.78, 5) is 24.6. The normalized spacial score (nSPS) is 26.4. The minimum atomic E-state index is -1.18. The van der Waals surface area contributed by atoms with Crippen LogP contribution in [0.2, 0.25) is 0 Å². The third kappa shape index (κ3) is 2.03. The van der Waals surface area contributed by atoms with Crippen molar-refractivity contribution in [3.05, 3.63) is 17.1 Å². The lowest BCUT2D eigenvalue weighted by atomic mass is 10.0. The van der Waals surface area contributed by atoms with E-state index in [9.17, 15) is 14.7 Å². The van der Waals surface area contributed by atoms with Crippen LogP contribution in [0.5, 0.6) is 0 Å². The van der Waals surface area contributed by atoms with Crippen molar-refractivity contribution >= 4 is 36.3 Å². The van der Waals surface area contributed by atoms with E-state index in [1.807, 2.05) is 0 Å². The molecule has 0 bridgehead atoms. The Morgan fingerprint density at radius 1 is 1.62 bits per heavy atom. The van der Waals surface area contributed by atoms with Crippen molar-refractivity contribution in [3.8, 4) is 0 Å². The highest BCUT2D eigenvalue weighted by Gasteiger charge is 2.52. The van der Waals surface area contributed by atoms with Gasteiger partial charge in [-0.1, -0.05) is 0 Å². The second-order valence-corrected chi connectivity index (χ2v) is 6.30. The molecule has 3 N–H and O–H groups in total. The zero-order chi connectivity index (χ0) is 15.3. The van der Waals surface area contributed by atoms with E-state index in [0.29, 0.717) is 17.2 Å². The number of thioether (sulfide) groups is 1. The van der Waals surface area contributed by atoms with E-state index in [2.05, 4.69) is 28.2 Å². The maximum atomic E-state index is 11.9. The summed E-state index contributed by atoms with van der Waals surface area (Å²) in [6, 6.07) is -0.652. The number of aromatic nitrogens is 4. The zero-order valence-corrected chi connectivity index (χ0v) is 12.6. The summed E-state index contributed by atoms with van der Waals surface area (Å²) < 4.78 is 1.42. The summed E-state index contributed by atoms with van der Waals surface area (Å²) in [5, 5.41) is 19.6. The first-order valence-corrected chi connectivity index (χ1v) is 7.57. The van der Waals surface area contributed by atoms with E-state index in [1.54, 1.807) is 7.05 Å². The molecule has 3 heterocycles. The highest BCUT2D eigenvalue weighted by molar-refractivity contribution is 8.00. The van der Waals surface area contributed by atoms with Gasteiger partial charge in [0.25, 0.3) is 0 Å². The van der Waals surface area contributed by atoms with Crippen molar-refractivity contribution in [2.75, 3.05) is 5.75 Å². The van der Waals surface area contributed by atoms with Gasteiger partial charge in [-0.25, -0.2) is 9.48 Å². The quantitative estimate of drug-likeness (QED) is 0.464. The number of rotatable bonds is 3. The summed E-state index contributed by atoms with van der Waals surface area (Å²) in [6.07, 6.45) is 0. The summed E-state index contributed by atoms with van der Waals surface area (Å²) in [5.74, 6) is -0.739. The molecule has 3 atom stereocenters. The molecular weight excluding hydrogens is 316 g/mol. The molecule has 1 aromatic heterocycles. The summed E-state index contributed by atoms with van der Waals surface area (Å²) in [7, 11) is 1.64. The molecule has 1 saturated heterocycles. The predicted molar refractivity (Wildman–Crippen MR) is 76.3 cm³/mol. The van der Waals surface area contributed by atoms with Crippen molar-refractivity contribution in [3.63, 3.8) is 0 Å². The van der Waals surface area contributed by atoms with Crippen molar-refractivity contribution in [1.29, 1.82) is 0 Å². The average Bonchev–Trinajstić information content (AvgIpc) is 2.90. The standard InChI is InChI=1S/C10H12N6O3S2/c1-15-7(12-13-14-15)6(20)3-2-21-9-4(11)8(17)16(9)5(3)10(18)19/h4,6,9,20H,2,11H2,1H3,(H,18,19). The summed E-state index contributed by atoms with van der Waals surface area (Å²) >= 11 is 5.85. The van der Waals surface area contributed by atoms with Crippen molar-refractivity contribution in [2.45, 2.75) is 16.7 Å². The number of carbonyl (C=O) groups excluding carboxylic acids is 1. The number of β-lactam (4-membered cyclic amide) rings is 1. The Hall–Kier alpha value is -1.59. The third-order valence-corrected chi connectivity index (χ3v) is 5.33. The van der Waals surface area contributed by atoms with Crippen molar-refractivity contribution in [2.24, 2.45) is 12.8 Å². The first-order valence-electron chi connectivity index (χ1n) is 6.00. The molecular formula is C10H12N6O3S2. The lowest BCUT2D eigenvalue weighted by Crippen LogP contribution is -2.68. The number of aliphatic carboxylic acids is 1. The summed E-state index contributed by atoms with van der Waals surface area (Å²) in [6.45, 7) is 0. The molecule has 2 aliphatic rings. The molecule has 1 aromatic rings. The third-order valence-electron chi connectivity index (χ3n) is 3.47. The van der Waals surface area contributed by atoms with Gasteiger partial charge in [-0.2, -0.15) is 12.6 Å². The molecule has 1 amide bonds. The number of nitrogens with two attached hydrogens (primary N) is 1. The molecule has 0 aliphatic carbocycles. The van der Waals surface area contributed by atoms with E-state index in [0.717, 1.165) is 0 Å². The van der Waals surface area contributed by atoms with Gasteiger partial charge in [-0.05, 0) is 16.0 Å². The number of carbonyl (C=O) groups is 2. The second-order valence-electron chi connectivity index (χ2n) is 4.68. The van der Waals surface area contributed by atoms with Gasteiger partial charge in [0, 0.05) is 12.8 Å². The molecule has 2 aliphatic heterocycles. The fourth-order valence-electron chi connectivity index (χ4n) is 2.37. The van der Waals surface area contributed by atoms with Crippen LogP contribution in [0.25, 0.3) is 0 Å². The van der Waals surface area contributed by atoms with Crippen LogP contribution in [0, 0.1) is 0 Å². The van der Waals surface area contributed by atoms with E-state index < -0.39 is 23.2 Å². The zero-order valence-electron chi connectivity index (χ0n) is 10.9. The van der Waals surface area contributed by atoms with E-state index in [1.165, 1.54) is 21.3 Å². The van der Waals surface area contributed by atoms with Gasteiger partial charge in [0.1, 0.15) is 17.1 Å². The fraction of sp³-hybridized carbons (Fsp3) is 0.500. The number of carboxylic acid groups (broad SMARTS) is 1. The van der Waals surface area contributed by atoms with Crippen LogP contribution >= 0.6 is 24.4 Å². The van der Waals surface area contributed by atoms with Gasteiger partial charge in [-0.3, -0.25) is 9.69 Å². The molecule has 9 nitrogen and oxygen atoms in total. The number of hydrogen-bond acceptors (Lipinski definition) is 8. The van der Waals surface area contributed by atoms with E-state index >= 15 is 0 Å². The van der Waals surface area contributed by atoms with E-state index in [-0.39, 0.29) is 11.1 Å². The van der Waals surface area contributed by atoms with Gasteiger partial charge in [-0.15, -0.1) is 16.9 Å². The van der Waals surface area contributed by atoms with Crippen molar-refractivity contribution in [1.82, 2.24) is 25.1 Å². The number of nitrogens with zero attached hydrogens (tertiary/aromatic N) is 5. The molecule has 0 radical (unpaired) electrons. The fourth-order valence-corrected chi connectivity index (χ4v) is 4.26. The van der Waals surface area contributed by atoms with Gasteiger partial charge in [0.15, 0.2) is 5.82 Å². The number of hydrogen-bond donors (Lipinski definition) is 3. The van der Waals surface area contributed by atoms with Crippen LogP contribution in [-0.2, 0) is 16.6 Å². The topological polar surface area (TPSA) is 127 Å². The Bertz CT molecular complexity index is 659. The predicted octanol–water partition coefficient (Wildman–Crippen LogP) is -1.24. The monoisotopic (exact) mass is 328 g/mol. The molecule has 3 rings (SSSR count). The van der Waals surface area contributed by atoms with Crippen LogP contribution < -0.4 is 5.73 Å². The van der Waals surface area contributed by atoms with E-state index in [4.69, 9.17) is 5.73 Å². The van der Waals surface area contributed by atoms with Gasteiger partial charge in [0.05, 0.1) is 5.25 Å². The SMILES string of the molecule is Cn1nnnc1C(S)C1=C(C(=O)O)N2C(=O)C(N)C2SC1. The first-order chi connectivity index (χ1) is 9.93. The number of thiol groups is 1. The average molecular weight is 328 g/mol. The van der Waals surface area contributed by atoms with Crippen LogP contribution in [0.3, 0.4) is 0 Å². The molecule has 0 aromatic carbocycles. The Morgan fingerprint density at radius 2 is 2.33 bits per heavy atom. The Labute approximate surface area is 128 Å². The minimum absolute atomic E-state index is 0.0616. The van der Waals surface area contributed by atoms with Gasteiger partial charge >= 0.3 is 5.97 Å². The smallest absolute Gasteiger partial charge is 0.352 e. The van der Waals surface area contributed by atoms with Crippen LogP contribution in [-0.4, -0.2) is 59.3 Å². The van der Waals surface area contributed by atoms with Crippen LogP contribution in [0.1, 0.15) is 11.1 Å². The number of aryl methyl sites for hydroxylation is 1. The molecule has 0 spiro atoms. The molecule has 1 fully saturated rings. The largest absolute Gasteiger partial charge is 0.477 e. The highest BCUT2D eigenvalue weighted by atomic mass is 32.2. The molecule has 11 heteroatoms. The van der Waals surface area contributed by atoms with Crippen molar-refractivity contribution < 1.29 is 14.7 Å². The Kier molecular flexibility index (Phi) is 3.42. The lowest BCUT2D eigenvalue weighted by Gasteiger charge is -2.48. The highest BCUT2D eigenvalue weighted by Crippen LogP contribution is 2.44. The molecule has 21 heavy (non-hydrogen) atoms. The van der Waals surface area contributed by atoms with Gasteiger partial charge in [0.2, 0.25) is 5.91 Å². The number of tetrazole rings is 1. The molecule has 0 saturated carbocycles. The Balaban J connectivity index is 2.04. The number of carboxylic acids is 1. The summed E-state index contributed by atoms with van der Waals surface area (Å²) in [5.41, 5.74) is 6.13. The second kappa shape index (κ2) is 5.00. The van der Waals surface area contributed by atoms with Gasteiger partial charge < -0.3 is 10.8 Å². The Morgan fingerprint density at radius 3 is 2.90 bits per heavy atom. The number of amides is 1. The number of fused-ring (bicyclic) bond motifs is 1. The minimum Gasteiger partial charge on any atom is -0.477 e. The first kappa shape index (κ1) is 14.4. The van der Waals surface area contributed by atoms with Crippen LogP contribution in [0.4, 0.5) is 0 Å². The maximum Gasteiger partial charge on any atom is 0.352 e. The maximum absolute atomic E-state index is 11.9. The van der Waals surface area contributed by atoms with Crippen LogP contribution in [0.15, 0.2) is 11.3 Å².